The highest BCUT2D eigenvalue weighted by atomic mass is 35.5. The van der Waals surface area contributed by atoms with Gasteiger partial charge in [-0.3, -0.25) is 14.5 Å². The van der Waals surface area contributed by atoms with E-state index in [4.69, 9.17) is 22.0 Å². The van der Waals surface area contributed by atoms with Crippen molar-refractivity contribution in [1.29, 1.82) is 0 Å². The number of anilines is 1. The van der Waals surface area contributed by atoms with Crippen LogP contribution >= 0.6 is 72.1 Å². The number of nitrogens with two attached hydrogens (primary N) is 3. The molecule has 4 heterocycles. The molecule has 22 heteroatoms. The van der Waals surface area contributed by atoms with Crippen LogP contribution in [0.15, 0.2) is 27.0 Å². The number of aromatic nitrogens is 5. The van der Waals surface area contributed by atoms with Crippen molar-refractivity contribution >= 4 is 101 Å². The monoisotopic (exact) mass is 677 g/mol. The Morgan fingerprint density at radius 1 is 1.27 bits per heavy atom. The van der Waals surface area contributed by atoms with E-state index < -0.39 is 29.2 Å². The summed E-state index contributed by atoms with van der Waals surface area (Å²) in [4.78, 5) is 48.4. The van der Waals surface area contributed by atoms with Crippen LogP contribution in [-0.4, -0.2) is 101 Å². The average Bonchev–Trinajstić information content (AvgIpc) is 3.51. The summed E-state index contributed by atoms with van der Waals surface area (Å²) in [5, 5.41) is 29.3. The third-order valence-corrected chi connectivity index (χ3v) is 8.15. The van der Waals surface area contributed by atoms with Gasteiger partial charge >= 0.3 is 5.97 Å². The number of nitrogens with one attached hydrogen (secondary N) is 1. The fraction of sp³-hybridized carbons (Fsp3) is 0.444. The molecule has 8 N–H and O–H groups in total. The van der Waals surface area contributed by atoms with Crippen LogP contribution in [0.2, 0.25) is 0 Å². The first-order valence-electron chi connectivity index (χ1n) is 10.8. The number of rotatable bonds is 12. The lowest BCUT2D eigenvalue weighted by Gasteiger charge is -2.49. The zero-order chi connectivity index (χ0) is 26.5. The van der Waals surface area contributed by atoms with E-state index in [1.54, 1.807) is 0 Å². The summed E-state index contributed by atoms with van der Waals surface area (Å²) < 4.78 is 1.52. The lowest BCUT2D eigenvalue weighted by molar-refractivity contribution is -0.150. The quantitative estimate of drug-likeness (QED) is 0.0604. The minimum Gasteiger partial charge on any atom is -0.477 e. The molecule has 40 heavy (non-hydrogen) atoms. The predicted molar refractivity (Wildman–Crippen MR) is 157 cm³/mol. The van der Waals surface area contributed by atoms with Gasteiger partial charge in [0.05, 0.1) is 6.54 Å². The van der Waals surface area contributed by atoms with Gasteiger partial charge in [0.1, 0.15) is 29.4 Å². The Balaban J connectivity index is 0.00000267. The van der Waals surface area contributed by atoms with Crippen molar-refractivity contribution in [3.8, 4) is 0 Å². The second-order valence-corrected chi connectivity index (χ2v) is 10.5. The number of amides is 2. The minimum absolute atomic E-state index is 0. The molecular weight excluding hydrogens is 653 g/mol. The smallest absolute Gasteiger partial charge is 0.352 e. The number of carbonyl (C=O) groups excluding carboxylic acids is 2. The lowest BCUT2D eigenvalue weighted by Crippen LogP contribution is -2.71. The molecule has 2 aromatic heterocycles. The van der Waals surface area contributed by atoms with Crippen LogP contribution < -0.4 is 22.5 Å². The van der Waals surface area contributed by atoms with E-state index in [0.29, 0.717) is 29.6 Å². The SMILES string of the molecule is Cl.Cl.Cl.NCCO/N=C(\C(=O)NC1C(=O)N2C(C(=O)O)=C(CSc3nnnn3CCN)CS[C@H]12)c1csc(N)n1. The van der Waals surface area contributed by atoms with Gasteiger partial charge in [0.25, 0.3) is 11.8 Å². The van der Waals surface area contributed by atoms with E-state index in [-0.39, 0.29) is 78.4 Å². The zero-order valence-corrected chi connectivity index (χ0v) is 25.3. The highest BCUT2D eigenvalue weighted by Crippen LogP contribution is 2.41. The molecule has 2 aromatic rings. The number of halogens is 3. The molecule has 0 aliphatic carbocycles. The number of carboxylic acids is 1. The van der Waals surface area contributed by atoms with Crippen molar-refractivity contribution < 1.29 is 24.3 Å². The molecule has 0 radical (unpaired) electrons. The van der Waals surface area contributed by atoms with Crippen LogP contribution in [-0.2, 0) is 25.8 Å². The number of hydrogen-bond acceptors (Lipinski definition) is 15. The summed E-state index contributed by atoms with van der Waals surface area (Å²) in [6.45, 7) is 1.01. The molecule has 2 aliphatic rings. The maximum atomic E-state index is 13.0. The number of carbonyl (C=O) groups is 3. The fourth-order valence-electron chi connectivity index (χ4n) is 3.48. The fourth-order valence-corrected chi connectivity index (χ4v) is 6.42. The van der Waals surface area contributed by atoms with Crippen molar-refractivity contribution in [2.45, 2.75) is 23.1 Å². The number of thiazole rings is 1. The van der Waals surface area contributed by atoms with Gasteiger partial charge < -0.3 is 32.5 Å². The maximum Gasteiger partial charge on any atom is 0.352 e. The van der Waals surface area contributed by atoms with Crippen LogP contribution in [0.1, 0.15) is 5.69 Å². The van der Waals surface area contributed by atoms with Crippen LogP contribution in [0.5, 0.6) is 0 Å². The summed E-state index contributed by atoms with van der Waals surface area (Å²) in [6, 6.07) is -0.964. The van der Waals surface area contributed by atoms with Gasteiger partial charge in [-0.15, -0.1) is 65.4 Å². The van der Waals surface area contributed by atoms with Crippen molar-refractivity contribution in [3.63, 3.8) is 0 Å². The summed E-state index contributed by atoms with van der Waals surface area (Å²) in [6.07, 6.45) is 0. The van der Waals surface area contributed by atoms with Gasteiger partial charge in [0.15, 0.2) is 10.8 Å². The zero-order valence-electron chi connectivity index (χ0n) is 20.4. The first-order valence-corrected chi connectivity index (χ1v) is 13.7. The summed E-state index contributed by atoms with van der Waals surface area (Å²) >= 11 is 3.70. The van der Waals surface area contributed by atoms with E-state index in [9.17, 15) is 19.5 Å². The number of carboxylic acid groups (broad SMARTS) is 1. The second kappa shape index (κ2) is 16.2. The molecule has 0 aromatic carbocycles. The number of thioether (sulfide) groups is 2. The Morgan fingerprint density at radius 3 is 2.65 bits per heavy atom. The van der Waals surface area contributed by atoms with Gasteiger partial charge in [-0.1, -0.05) is 16.9 Å². The van der Waals surface area contributed by atoms with Crippen molar-refractivity contribution in [3.05, 3.63) is 22.3 Å². The van der Waals surface area contributed by atoms with Crippen molar-refractivity contribution in [1.82, 2.24) is 35.4 Å². The number of oxime groups is 1. The van der Waals surface area contributed by atoms with Gasteiger partial charge in [-0.25, -0.2) is 14.5 Å². The van der Waals surface area contributed by atoms with Crippen molar-refractivity contribution in [2.24, 2.45) is 16.6 Å². The van der Waals surface area contributed by atoms with Gasteiger partial charge in [0, 0.05) is 30.0 Å². The normalized spacial score (nSPS) is 18.0. The first kappa shape index (κ1) is 35.6. The summed E-state index contributed by atoms with van der Waals surface area (Å²) in [5.41, 5.74) is 17.1. The number of tetrazole rings is 1. The Labute approximate surface area is 258 Å². The number of aliphatic carboxylic acids is 1. The topological polar surface area (TPSA) is 243 Å². The molecule has 16 nitrogen and oxygen atoms in total. The standard InChI is InChI=1S/C18H23N11O5S3.3ClH/c19-1-3-28-18(24-26-27-28)37-6-8-5-35-15-11(14(31)29(15)12(8)16(32)33)23-13(30)10(25-34-4-2-20)9-7-36-17(21)22-9;;;/h7,11,15H,1-6,19-20H2,(H2,21,22)(H,23,30)(H,32,33);3*1H/b25-10-;;;/t11?,15-;;;/m1.../s1. The van der Waals surface area contributed by atoms with Gasteiger partial charge in [0.2, 0.25) is 5.16 Å². The molecule has 0 spiro atoms. The van der Waals surface area contributed by atoms with Crippen LogP contribution in [0, 0.1) is 0 Å². The van der Waals surface area contributed by atoms with E-state index in [1.165, 1.54) is 38.5 Å². The Bertz CT molecular complexity index is 1260. The summed E-state index contributed by atoms with van der Waals surface area (Å²) in [5.74, 6) is -1.92. The molecule has 1 fully saturated rings. The summed E-state index contributed by atoms with van der Waals surface area (Å²) in [7, 11) is 0. The largest absolute Gasteiger partial charge is 0.477 e. The molecule has 1 unspecified atom stereocenters. The first-order chi connectivity index (χ1) is 17.8. The maximum absolute atomic E-state index is 13.0. The number of nitrogens with zero attached hydrogens (tertiary/aromatic N) is 7. The van der Waals surface area contributed by atoms with E-state index in [0.717, 1.165) is 11.3 Å². The highest BCUT2D eigenvalue weighted by Gasteiger charge is 2.54. The van der Waals surface area contributed by atoms with Gasteiger partial charge in [-0.05, 0) is 16.0 Å². The molecule has 2 atom stereocenters. The van der Waals surface area contributed by atoms with E-state index in [2.05, 4.69) is 31.0 Å². The number of β-lactam (4-membered cyclic amide) rings is 1. The number of fused-ring (bicyclic) bond motifs is 1. The Hall–Kier alpha value is -2.39. The molecule has 4 rings (SSSR count). The van der Waals surface area contributed by atoms with Gasteiger partial charge in [-0.2, -0.15) is 0 Å². The predicted octanol–water partition coefficient (Wildman–Crippen LogP) is -0.854. The third kappa shape index (κ3) is 7.66. The Kier molecular flexibility index (Phi) is 14.4. The van der Waals surface area contributed by atoms with Crippen molar-refractivity contribution in [2.75, 3.05) is 36.9 Å². The molecule has 2 amide bonds. The molecule has 2 aliphatic heterocycles. The molecule has 222 valence electrons. The average molecular weight is 679 g/mol. The molecular formula is C18H26Cl3N11O5S3. The minimum atomic E-state index is -1.24. The number of hydrogen-bond donors (Lipinski definition) is 5. The van der Waals surface area contributed by atoms with Crippen LogP contribution in [0.3, 0.4) is 0 Å². The van der Waals surface area contributed by atoms with E-state index >= 15 is 0 Å². The molecule has 1 saturated heterocycles. The second-order valence-electron chi connectivity index (χ2n) is 7.51. The third-order valence-electron chi connectivity index (χ3n) is 5.10. The lowest BCUT2D eigenvalue weighted by atomic mass is 10.0. The molecule has 0 saturated carbocycles. The highest BCUT2D eigenvalue weighted by molar-refractivity contribution is 8.01. The van der Waals surface area contributed by atoms with E-state index in [1.807, 2.05) is 0 Å². The molecule has 0 bridgehead atoms. The van der Waals surface area contributed by atoms with Crippen LogP contribution in [0.25, 0.3) is 0 Å². The Morgan fingerprint density at radius 2 is 2.02 bits per heavy atom. The van der Waals surface area contributed by atoms with Crippen LogP contribution in [0.4, 0.5) is 5.13 Å². The number of nitrogen functional groups attached to an aromatic ring is 1.